The molecule has 0 fully saturated rings. The van der Waals surface area contributed by atoms with Crippen LogP contribution in [0.15, 0.2) is 40.8 Å². The number of aromatic hydroxyl groups is 1. The minimum absolute atomic E-state index is 0.161. The second-order valence-corrected chi connectivity index (χ2v) is 4.24. The second-order valence-electron chi connectivity index (χ2n) is 4.24. The third-order valence-electron chi connectivity index (χ3n) is 2.90. The highest BCUT2D eigenvalue weighted by Gasteiger charge is 2.09. The Labute approximate surface area is 104 Å². The minimum Gasteiger partial charge on any atom is -0.508 e. The topological polar surface area (TPSA) is 72.3 Å². The SMILES string of the molecule is Cc1ccc(-c2nc3ccc(O)cc3o2)cc1N. The maximum atomic E-state index is 9.38. The van der Waals surface area contributed by atoms with Gasteiger partial charge in [0.1, 0.15) is 11.3 Å². The summed E-state index contributed by atoms with van der Waals surface area (Å²) in [6, 6.07) is 10.5. The first kappa shape index (κ1) is 10.7. The van der Waals surface area contributed by atoms with E-state index in [1.807, 2.05) is 25.1 Å². The van der Waals surface area contributed by atoms with Crippen LogP contribution in [0.1, 0.15) is 5.56 Å². The third-order valence-corrected chi connectivity index (χ3v) is 2.90. The fraction of sp³-hybridized carbons (Fsp3) is 0.0714. The molecule has 2 aromatic carbocycles. The number of fused-ring (bicyclic) bond motifs is 1. The Morgan fingerprint density at radius 2 is 2.00 bits per heavy atom. The number of anilines is 1. The van der Waals surface area contributed by atoms with E-state index in [1.54, 1.807) is 18.2 Å². The van der Waals surface area contributed by atoms with Crippen molar-refractivity contribution in [3.63, 3.8) is 0 Å². The van der Waals surface area contributed by atoms with Crippen molar-refractivity contribution in [1.29, 1.82) is 0 Å². The smallest absolute Gasteiger partial charge is 0.227 e. The molecule has 0 amide bonds. The summed E-state index contributed by atoms with van der Waals surface area (Å²) >= 11 is 0. The second kappa shape index (κ2) is 3.77. The van der Waals surface area contributed by atoms with Crippen LogP contribution in [0, 0.1) is 6.92 Å². The van der Waals surface area contributed by atoms with E-state index in [9.17, 15) is 5.11 Å². The van der Waals surface area contributed by atoms with Gasteiger partial charge < -0.3 is 15.3 Å². The van der Waals surface area contributed by atoms with Gasteiger partial charge in [-0.15, -0.1) is 0 Å². The molecule has 0 aliphatic heterocycles. The molecule has 0 aliphatic carbocycles. The summed E-state index contributed by atoms with van der Waals surface area (Å²) in [5.41, 5.74) is 9.69. The Balaban J connectivity index is 2.16. The van der Waals surface area contributed by atoms with Crippen LogP contribution in [0.4, 0.5) is 5.69 Å². The van der Waals surface area contributed by atoms with Gasteiger partial charge >= 0.3 is 0 Å². The van der Waals surface area contributed by atoms with Crippen LogP contribution < -0.4 is 5.73 Å². The monoisotopic (exact) mass is 240 g/mol. The summed E-state index contributed by atoms with van der Waals surface area (Å²) in [4.78, 5) is 4.36. The maximum Gasteiger partial charge on any atom is 0.227 e. The molecule has 1 aromatic heterocycles. The molecular formula is C14H12N2O2. The minimum atomic E-state index is 0.161. The number of hydrogen-bond donors (Lipinski definition) is 2. The van der Waals surface area contributed by atoms with Crippen LogP contribution in [0.3, 0.4) is 0 Å². The largest absolute Gasteiger partial charge is 0.508 e. The molecule has 3 aromatic rings. The zero-order chi connectivity index (χ0) is 12.7. The lowest BCUT2D eigenvalue weighted by atomic mass is 10.1. The number of phenolic OH excluding ortho intramolecular Hbond substituents is 1. The van der Waals surface area contributed by atoms with Crippen LogP contribution in [0.25, 0.3) is 22.6 Å². The van der Waals surface area contributed by atoms with Gasteiger partial charge in [0.25, 0.3) is 0 Å². The van der Waals surface area contributed by atoms with Gasteiger partial charge in [-0.05, 0) is 36.8 Å². The first-order chi connectivity index (χ1) is 8.63. The first-order valence-electron chi connectivity index (χ1n) is 5.59. The average molecular weight is 240 g/mol. The normalized spacial score (nSPS) is 10.9. The van der Waals surface area contributed by atoms with Gasteiger partial charge in [-0.2, -0.15) is 0 Å². The predicted octanol–water partition coefficient (Wildman–Crippen LogP) is 3.09. The van der Waals surface area contributed by atoms with E-state index in [4.69, 9.17) is 10.2 Å². The first-order valence-corrected chi connectivity index (χ1v) is 5.59. The van der Waals surface area contributed by atoms with E-state index >= 15 is 0 Å². The van der Waals surface area contributed by atoms with Gasteiger partial charge in [0.2, 0.25) is 5.89 Å². The van der Waals surface area contributed by atoms with Crippen molar-refractivity contribution in [1.82, 2.24) is 4.98 Å². The average Bonchev–Trinajstić information content (AvgIpc) is 2.75. The van der Waals surface area contributed by atoms with E-state index in [-0.39, 0.29) is 5.75 Å². The number of nitrogens with two attached hydrogens (primary N) is 1. The lowest BCUT2D eigenvalue weighted by Crippen LogP contribution is -1.89. The molecule has 4 nitrogen and oxygen atoms in total. The van der Waals surface area contributed by atoms with Gasteiger partial charge in [-0.3, -0.25) is 0 Å². The zero-order valence-electron chi connectivity index (χ0n) is 9.84. The number of phenols is 1. The van der Waals surface area contributed by atoms with Crippen molar-refractivity contribution in [2.24, 2.45) is 0 Å². The van der Waals surface area contributed by atoms with Crippen molar-refractivity contribution >= 4 is 16.8 Å². The van der Waals surface area contributed by atoms with Crippen molar-refractivity contribution in [3.8, 4) is 17.2 Å². The van der Waals surface area contributed by atoms with Crippen LogP contribution >= 0.6 is 0 Å². The molecule has 0 spiro atoms. The van der Waals surface area contributed by atoms with Crippen LogP contribution in [0.2, 0.25) is 0 Å². The molecule has 0 saturated heterocycles. The highest BCUT2D eigenvalue weighted by Crippen LogP contribution is 2.28. The third kappa shape index (κ3) is 1.68. The quantitative estimate of drug-likeness (QED) is 0.641. The molecule has 0 saturated carbocycles. The molecule has 18 heavy (non-hydrogen) atoms. The van der Waals surface area contributed by atoms with Gasteiger partial charge in [-0.25, -0.2) is 4.98 Å². The fourth-order valence-electron chi connectivity index (χ4n) is 1.81. The van der Waals surface area contributed by atoms with Crippen molar-refractivity contribution < 1.29 is 9.52 Å². The Morgan fingerprint density at radius 3 is 2.78 bits per heavy atom. The Bertz CT molecular complexity index is 732. The number of rotatable bonds is 1. The lowest BCUT2D eigenvalue weighted by molar-refractivity contribution is 0.474. The molecule has 0 bridgehead atoms. The predicted molar refractivity (Wildman–Crippen MR) is 70.3 cm³/mol. The zero-order valence-corrected chi connectivity index (χ0v) is 9.84. The molecule has 4 heteroatoms. The summed E-state index contributed by atoms with van der Waals surface area (Å²) in [5, 5.41) is 9.38. The molecule has 0 unspecified atom stereocenters. The van der Waals surface area contributed by atoms with Gasteiger partial charge in [0.15, 0.2) is 5.58 Å². The molecule has 3 rings (SSSR count). The Hall–Kier alpha value is -2.49. The summed E-state index contributed by atoms with van der Waals surface area (Å²) in [5.74, 6) is 0.663. The van der Waals surface area contributed by atoms with Crippen molar-refractivity contribution in [3.05, 3.63) is 42.0 Å². The number of benzene rings is 2. The van der Waals surface area contributed by atoms with E-state index in [0.29, 0.717) is 22.7 Å². The number of nitrogen functional groups attached to an aromatic ring is 1. The number of oxazole rings is 1. The molecular weight excluding hydrogens is 228 g/mol. The van der Waals surface area contributed by atoms with E-state index in [1.165, 1.54) is 0 Å². The molecule has 1 heterocycles. The molecule has 0 aliphatic rings. The molecule has 3 N–H and O–H groups in total. The van der Waals surface area contributed by atoms with Crippen LogP contribution in [0.5, 0.6) is 5.75 Å². The number of hydrogen-bond acceptors (Lipinski definition) is 4. The Morgan fingerprint density at radius 1 is 1.17 bits per heavy atom. The van der Waals surface area contributed by atoms with Crippen molar-refractivity contribution in [2.45, 2.75) is 6.92 Å². The molecule has 90 valence electrons. The summed E-state index contributed by atoms with van der Waals surface area (Å²) in [6.45, 7) is 1.95. The highest BCUT2D eigenvalue weighted by atomic mass is 16.3. The fourth-order valence-corrected chi connectivity index (χ4v) is 1.81. The van der Waals surface area contributed by atoms with E-state index in [2.05, 4.69) is 4.98 Å². The standard InChI is InChI=1S/C14H12N2O2/c1-8-2-3-9(6-11(8)15)14-16-12-5-4-10(17)7-13(12)18-14/h2-7,17H,15H2,1H3. The lowest BCUT2D eigenvalue weighted by Gasteiger charge is -2.00. The number of aryl methyl sites for hydroxylation is 1. The molecule has 0 atom stereocenters. The number of nitrogens with zero attached hydrogens (tertiary/aromatic N) is 1. The number of aromatic nitrogens is 1. The van der Waals surface area contributed by atoms with Crippen LogP contribution in [-0.2, 0) is 0 Å². The molecule has 0 radical (unpaired) electrons. The van der Waals surface area contributed by atoms with Crippen LogP contribution in [-0.4, -0.2) is 10.1 Å². The van der Waals surface area contributed by atoms with E-state index < -0.39 is 0 Å². The summed E-state index contributed by atoms with van der Waals surface area (Å²) in [6.07, 6.45) is 0. The van der Waals surface area contributed by atoms with Gasteiger partial charge in [0, 0.05) is 17.3 Å². The van der Waals surface area contributed by atoms with Gasteiger partial charge in [-0.1, -0.05) is 6.07 Å². The summed E-state index contributed by atoms with van der Waals surface area (Å²) < 4.78 is 5.60. The highest BCUT2D eigenvalue weighted by molar-refractivity contribution is 5.78. The Kier molecular flexibility index (Phi) is 2.23. The van der Waals surface area contributed by atoms with Crippen molar-refractivity contribution in [2.75, 3.05) is 5.73 Å². The van der Waals surface area contributed by atoms with E-state index in [0.717, 1.165) is 11.1 Å². The van der Waals surface area contributed by atoms with Gasteiger partial charge in [0.05, 0.1) is 0 Å². The summed E-state index contributed by atoms with van der Waals surface area (Å²) in [7, 11) is 0. The maximum absolute atomic E-state index is 9.38.